The number of aryl methyl sites for hydroxylation is 3. The average molecular weight is 319 g/mol. The van der Waals surface area contributed by atoms with E-state index in [9.17, 15) is 4.79 Å². The Labute approximate surface area is 140 Å². The molecule has 0 fully saturated rings. The highest BCUT2D eigenvalue weighted by Crippen LogP contribution is 2.11. The molecule has 4 heteroatoms. The van der Waals surface area contributed by atoms with Crippen molar-refractivity contribution in [1.29, 1.82) is 0 Å². The lowest BCUT2D eigenvalue weighted by Crippen LogP contribution is -2.34. The number of nitrogens with zero attached hydrogens (tertiary/aromatic N) is 1. The molecule has 0 aliphatic rings. The summed E-state index contributed by atoms with van der Waals surface area (Å²) in [6.45, 7) is 10.1. The van der Waals surface area contributed by atoms with Crippen LogP contribution in [-0.4, -0.2) is 9.78 Å². The van der Waals surface area contributed by atoms with Crippen molar-refractivity contribution in [3.63, 3.8) is 0 Å². The predicted octanol–water partition coefficient (Wildman–Crippen LogP) is 2.35. The summed E-state index contributed by atoms with van der Waals surface area (Å²) in [7, 11) is 0. The van der Waals surface area contributed by atoms with Gasteiger partial charge in [-0.15, -0.1) is 0 Å². The van der Waals surface area contributed by atoms with Gasteiger partial charge in [0.05, 0.1) is 16.3 Å². The zero-order valence-electron chi connectivity index (χ0n) is 14.2. The Balaban J connectivity index is 2.03. The first-order valence-corrected chi connectivity index (χ1v) is 7.87. The minimum absolute atomic E-state index is 0.122. The first-order valence-electron chi connectivity index (χ1n) is 7.87. The lowest BCUT2D eigenvalue weighted by atomic mass is 10.1. The molecule has 122 valence electrons. The second-order valence-corrected chi connectivity index (χ2v) is 6.07. The molecule has 1 heterocycles. The summed E-state index contributed by atoms with van der Waals surface area (Å²) in [6.07, 6.45) is 1.70. The summed E-state index contributed by atoms with van der Waals surface area (Å²) in [5.74, 6) is 0. The first-order chi connectivity index (χ1) is 11.5. The molecule has 3 rings (SSSR count). The van der Waals surface area contributed by atoms with Gasteiger partial charge in [0.25, 0.3) is 5.56 Å². The molecule has 0 amide bonds. The number of hydrogen-bond acceptors (Lipinski definition) is 2. The first kappa shape index (κ1) is 15.9. The number of aromatic amines is 1. The van der Waals surface area contributed by atoms with E-state index in [0.717, 1.165) is 22.5 Å². The molecule has 0 aliphatic heterocycles. The summed E-state index contributed by atoms with van der Waals surface area (Å²) < 4.78 is 1.53. The van der Waals surface area contributed by atoms with Crippen LogP contribution in [0.1, 0.15) is 16.7 Å². The van der Waals surface area contributed by atoms with Crippen LogP contribution in [0, 0.1) is 20.8 Å². The minimum Gasteiger partial charge on any atom is -0.361 e. The van der Waals surface area contributed by atoms with Crippen molar-refractivity contribution >= 4 is 18.5 Å². The molecule has 0 atom stereocenters. The van der Waals surface area contributed by atoms with Crippen LogP contribution in [-0.2, 0) is 0 Å². The zero-order chi connectivity index (χ0) is 17.3. The van der Waals surface area contributed by atoms with Gasteiger partial charge in [-0.2, -0.15) is 0 Å². The largest absolute Gasteiger partial charge is 0.361 e. The molecule has 1 aromatic heterocycles. The molecule has 3 aromatic rings. The van der Waals surface area contributed by atoms with Crippen molar-refractivity contribution < 1.29 is 0 Å². The molecule has 0 aliphatic carbocycles. The van der Waals surface area contributed by atoms with Crippen LogP contribution in [0.15, 0.2) is 47.3 Å². The van der Waals surface area contributed by atoms with E-state index in [4.69, 9.17) is 0 Å². The molecular formula is C20H21N3O. The van der Waals surface area contributed by atoms with Gasteiger partial charge < -0.3 is 5.32 Å². The second kappa shape index (κ2) is 6.24. The van der Waals surface area contributed by atoms with Crippen LogP contribution in [0.4, 0.5) is 5.69 Å². The van der Waals surface area contributed by atoms with Gasteiger partial charge in [0.1, 0.15) is 0 Å². The summed E-state index contributed by atoms with van der Waals surface area (Å²) in [6, 6.07) is 13.9. The third-order valence-corrected chi connectivity index (χ3v) is 4.16. The maximum Gasteiger partial charge on any atom is 0.280 e. The van der Waals surface area contributed by atoms with Crippen molar-refractivity contribution in [3.05, 3.63) is 80.1 Å². The molecule has 0 saturated carbocycles. The smallest absolute Gasteiger partial charge is 0.280 e. The third kappa shape index (κ3) is 3.04. The lowest BCUT2D eigenvalue weighted by molar-refractivity contribution is 0.837. The van der Waals surface area contributed by atoms with E-state index in [1.165, 1.54) is 10.2 Å². The number of anilines is 1. The van der Waals surface area contributed by atoms with Crippen LogP contribution in [0.2, 0.25) is 0 Å². The van der Waals surface area contributed by atoms with E-state index < -0.39 is 0 Å². The van der Waals surface area contributed by atoms with Gasteiger partial charge in [-0.25, -0.2) is 4.68 Å². The number of aromatic nitrogens is 2. The van der Waals surface area contributed by atoms with Crippen molar-refractivity contribution in [1.82, 2.24) is 9.78 Å². The Bertz CT molecular complexity index is 1060. The number of nitrogens with one attached hydrogen (secondary N) is 2. The maximum atomic E-state index is 12.7. The van der Waals surface area contributed by atoms with Gasteiger partial charge in [0.15, 0.2) is 0 Å². The summed E-state index contributed by atoms with van der Waals surface area (Å²) >= 11 is 0. The number of benzene rings is 2. The van der Waals surface area contributed by atoms with Crippen molar-refractivity contribution in [2.24, 2.45) is 0 Å². The van der Waals surface area contributed by atoms with Crippen molar-refractivity contribution in [3.8, 4) is 5.69 Å². The fraction of sp³-hybridized carbons (Fsp3) is 0.150. The van der Waals surface area contributed by atoms with Crippen LogP contribution in [0.3, 0.4) is 0 Å². The number of H-pyrrole nitrogens is 1. The standard InChI is InChI=1S/C20H21N3O/c1-13-6-5-7-17(10-13)21-12-19-16(4)22-23(20(19)24)18-9-8-14(2)15(3)11-18/h5-12,21-22H,4H2,1-3H3. The van der Waals surface area contributed by atoms with Gasteiger partial charge in [-0.3, -0.25) is 9.89 Å². The number of hydrogen-bond donors (Lipinski definition) is 2. The highest BCUT2D eigenvalue weighted by Gasteiger charge is 2.05. The topological polar surface area (TPSA) is 49.8 Å². The highest BCUT2D eigenvalue weighted by atomic mass is 16.1. The second-order valence-electron chi connectivity index (χ2n) is 6.07. The molecule has 4 nitrogen and oxygen atoms in total. The number of rotatable bonds is 3. The molecule has 2 aromatic carbocycles. The van der Waals surface area contributed by atoms with Gasteiger partial charge in [-0.1, -0.05) is 24.8 Å². The summed E-state index contributed by atoms with van der Waals surface area (Å²) in [4.78, 5) is 12.7. The molecule has 0 unspecified atom stereocenters. The van der Waals surface area contributed by atoms with Crippen molar-refractivity contribution in [2.45, 2.75) is 20.8 Å². The van der Waals surface area contributed by atoms with Crippen LogP contribution in [0.5, 0.6) is 0 Å². The predicted molar refractivity (Wildman–Crippen MR) is 99.9 cm³/mol. The maximum absolute atomic E-state index is 12.7. The van der Waals surface area contributed by atoms with Crippen LogP contribution < -0.4 is 21.4 Å². The average Bonchev–Trinajstić information content (AvgIpc) is 2.83. The Morgan fingerprint density at radius 3 is 2.58 bits per heavy atom. The summed E-state index contributed by atoms with van der Waals surface area (Å²) in [5, 5.41) is 7.32. The summed E-state index contributed by atoms with van der Waals surface area (Å²) in [5.41, 5.74) is 5.12. The highest BCUT2D eigenvalue weighted by molar-refractivity contribution is 5.55. The fourth-order valence-corrected chi connectivity index (χ4v) is 2.58. The molecule has 0 bridgehead atoms. The Morgan fingerprint density at radius 1 is 1.08 bits per heavy atom. The SMILES string of the molecule is C=c1[nH]n(-c2ccc(C)c(C)c2)c(=O)c1=CNc1cccc(C)c1. The third-order valence-electron chi connectivity index (χ3n) is 4.16. The van der Waals surface area contributed by atoms with E-state index in [1.807, 2.05) is 63.2 Å². The molecular weight excluding hydrogens is 298 g/mol. The van der Waals surface area contributed by atoms with Crippen molar-refractivity contribution in [2.75, 3.05) is 5.32 Å². The Morgan fingerprint density at radius 2 is 1.88 bits per heavy atom. The molecule has 24 heavy (non-hydrogen) atoms. The van der Waals surface area contributed by atoms with Gasteiger partial charge in [-0.05, 0) is 61.7 Å². The normalized spacial score (nSPS) is 11.7. The van der Waals surface area contributed by atoms with Crippen LogP contribution in [0.25, 0.3) is 18.5 Å². The molecule has 0 radical (unpaired) electrons. The minimum atomic E-state index is -0.122. The van der Waals surface area contributed by atoms with E-state index in [-0.39, 0.29) is 5.56 Å². The van der Waals surface area contributed by atoms with Gasteiger partial charge >= 0.3 is 0 Å². The molecule has 0 saturated heterocycles. The monoisotopic (exact) mass is 319 g/mol. The van der Waals surface area contributed by atoms with Crippen LogP contribution >= 0.6 is 0 Å². The quantitative estimate of drug-likeness (QED) is 0.778. The van der Waals surface area contributed by atoms with Gasteiger partial charge in [0.2, 0.25) is 0 Å². The van der Waals surface area contributed by atoms with E-state index in [1.54, 1.807) is 6.20 Å². The molecule has 0 spiro atoms. The van der Waals surface area contributed by atoms with E-state index in [2.05, 4.69) is 17.0 Å². The van der Waals surface area contributed by atoms with E-state index >= 15 is 0 Å². The van der Waals surface area contributed by atoms with Gasteiger partial charge in [0, 0.05) is 11.9 Å². The Hall–Kier alpha value is -3.01. The van der Waals surface area contributed by atoms with E-state index in [0.29, 0.717) is 10.6 Å². The Kier molecular flexibility index (Phi) is 4.13. The zero-order valence-corrected chi connectivity index (χ0v) is 14.2. The molecule has 2 N–H and O–H groups in total. The lowest BCUT2D eigenvalue weighted by Gasteiger charge is -2.04. The fourth-order valence-electron chi connectivity index (χ4n) is 2.58.